The molecule has 0 bridgehead atoms. The Morgan fingerprint density at radius 1 is 1.26 bits per heavy atom. The first-order valence-electron chi connectivity index (χ1n) is 6.83. The molecule has 0 amide bonds. The summed E-state index contributed by atoms with van der Waals surface area (Å²) < 4.78 is 10.8. The van der Waals surface area contributed by atoms with Crippen molar-refractivity contribution in [3.8, 4) is 0 Å². The van der Waals surface area contributed by atoms with E-state index in [2.05, 4.69) is 0 Å². The molecule has 6 heteroatoms. The second kappa shape index (κ2) is 8.47. The highest BCUT2D eigenvalue weighted by Crippen LogP contribution is 2.21. The van der Waals surface area contributed by atoms with Crippen LogP contribution in [0.3, 0.4) is 0 Å². The number of aliphatic hydroxyl groups is 2. The number of hydrogen-bond donors (Lipinski definition) is 2. The fourth-order valence-corrected chi connectivity index (χ4v) is 2.02. The molecule has 2 N–H and O–H groups in total. The molecule has 0 unspecified atom stereocenters. The Morgan fingerprint density at radius 3 is 2.63 bits per heavy atom. The number of unbranched alkanes of at least 4 members (excludes halogenated alkanes) is 3. The van der Waals surface area contributed by atoms with Crippen LogP contribution in [0.1, 0.15) is 45.4 Å². The number of hydrogen-bond acceptors (Lipinski definition) is 6. The number of rotatable bonds is 8. The highest BCUT2D eigenvalue weighted by Gasteiger charge is 2.34. The van der Waals surface area contributed by atoms with Gasteiger partial charge in [0.1, 0.15) is 6.10 Å². The first-order chi connectivity index (χ1) is 9.00. The minimum atomic E-state index is -1.01. The Bertz CT molecular complexity index is 270. The first kappa shape index (κ1) is 16.4. The molecule has 6 nitrogen and oxygen atoms in total. The van der Waals surface area contributed by atoms with Crippen molar-refractivity contribution in [1.82, 2.24) is 0 Å². The third-order valence-corrected chi connectivity index (χ3v) is 3.25. The molecule has 0 aromatic heterocycles. The topological polar surface area (TPSA) is 99.1 Å². The van der Waals surface area contributed by atoms with Crippen molar-refractivity contribution in [2.24, 2.45) is 0 Å². The van der Waals surface area contributed by atoms with E-state index < -0.39 is 24.5 Å². The smallest absolute Gasteiger partial charge is 0.183 e. The minimum absolute atomic E-state index is 0.0979. The summed E-state index contributed by atoms with van der Waals surface area (Å²) in [5.41, 5.74) is 0. The van der Waals surface area contributed by atoms with Gasteiger partial charge in [0, 0.05) is 19.0 Å². The largest absolute Gasteiger partial charge is 0.550 e. The molecular formula is C13H23O6-. The van der Waals surface area contributed by atoms with Crippen LogP contribution in [-0.4, -0.2) is 47.4 Å². The summed E-state index contributed by atoms with van der Waals surface area (Å²) >= 11 is 0. The van der Waals surface area contributed by atoms with Crippen LogP contribution in [0.4, 0.5) is 0 Å². The summed E-state index contributed by atoms with van der Waals surface area (Å²) in [4.78, 5) is 10.2. The van der Waals surface area contributed by atoms with Crippen LogP contribution in [0.25, 0.3) is 0 Å². The fraction of sp³-hybridized carbons (Fsp3) is 0.923. The lowest BCUT2D eigenvalue weighted by Crippen LogP contribution is -2.47. The maximum atomic E-state index is 10.2. The summed E-state index contributed by atoms with van der Waals surface area (Å²) in [7, 11) is 0. The Labute approximate surface area is 113 Å². The Morgan fingerprint density at radius 2 is 1.95 bits per heavy atom. The molecule has 1 heterocycles. The van der Waals surface area contributed by atoms with Gasteiger partial charge in [-0.25, -0.2) is 0 Å². The molecule has 1 rings (SSSR count). The van der Waals surface area contributed by atoms with E-state index in [0.717, 1.165) is 19.3 Å². The van der Waals surface area contributed by atoms with Crippen LogP contribution in [0.2, 0.25) is 0 Å². The van der Waals surface area contributed by atoms with Crippen LogP contribution in [0.15, 0.2) is 0 Å². The van der Waals surface area contributed by atoms with Crippen LogP contribution in [0, 0.1) is 0 Å². The number of ether oxygens (including phenoxy) is 2. The standard InChI is InChI=1S/C13H24O6/c1-9-10(14)8-11(15)13(19-9)18-7-5-3-2-4-6-12(16)17/h9-11,13-15H,2-8H2,1H3,(H,16,17)/p-1/t9-,10+,11+,13+/m0/s1. The lowest BCUT2D eigenvalue weighted by atomic mass is 10.0. The molecule has 19 heavy (non-hydrogen) atoms. The molecule has 1 aliphatic heterocycles. The third-order valence-electron chi connectivity index (χ3n) is 3.25. The predicted octanol–water partition coefficient (Wildman–Crippen LogP) is -0.440. The van der Waals surface area contributed by atoms with E-state index in [-0.39, 0.29) is 18.9 Å². The van der Waals surface area contributed by atoms with Crippen molar-refractivity contribution in [2.75, 3.05) is 6.61 Å². The van der Waals surface area contributed by atoms with Gasteiger partial charge in [-0.05, 0) is 26.2 Å². The minimum Gasteiger partial charge on any atom is -0.550 e. The van der Waals surface area contributed by atoms with Gasteiger partial charge < -0.3 is 29.6 Å². The fourth-order valence-electron chi connectivity index (χ4n) is 2.02. The van der Waals surface area contributed by atoms with Gasteiger partial charge in [-0.3, -0.25) is 0 Å². The average Bonchev–Trinajstić information content (AvgIpc) is 2.33. The molecule has 0 aromatic rings. The number of carboxylic acids is 1. The summed E-state index contributed by atoms with van der Waals surface area (Å²) in [5.74, 6) is -1.01. The Balaban J connectivity index is 2.04. The van der Waals surface area contributed by atoms with Gasteiger partial charge in [0.2, 0.25) is 0 Å². The Hall–Kier alpha value is -0.690. The monoisotopic (exact) mass is 275 g/mol. The summed E-state index contributed by atoms with van der Waals surface area (Å²) in [5, 5.41) is 29.4. The second-order valence-electron chi connectivity index (χ2n) is 4.99. The van der Waals surface area contributed by atoms with E-state index in [4.69, 9.17) is 9.47 Å². The maximum Gasteiger partial charge on any atom is 0.183 e. The van der Waals surface area contributed by atoms with Gasteiger partial charge in [-0.15, -0.1) is 0 Å². The summed E-state index contributed by atoms with van der Waals surface area (Å²) in [6.07, 6.45) is 0.985. The van der Waals surface area contributed by atoms with Crippen LogP contribution < -0.4 is 5.11 Å². The highest BCUT2D eigenvalue weighted by atomic mass is 16.7. The first-order valence-corrected chi connectivity index (χ1v) is 6.83. The van der Waals surface area contributed by atoms with Gasteiger partial charge in [0.25, 0.3) is 0 Å². The molecule has 0 saturated carbocycles. The molecule has 112 valence electrons. The number of aliphatic hydroxyl groups excluding tert-OH is 2. The zero-order valence-electron chi connectivity index (χ0n) is 11.3. The molecule has 0 aromatic carbocycles. The molecule has 0 radical (unpaired) electrons. The molecule has 1 saturated heterocycles. The number of carbonyl (C=O) groups is 1. The van der Waals surface area contributed by atoms with E-state index in [9.17, 15) is 20.1 Å². The average molecular weight is 275 g/mol. The zero-order chi connectivity index (χ0) is 14.3. The van der Waals surface area contributed by atoms with E-state index in [1.54, 1.807) is 6.92 Å². The molecule has 0 aliphatic carbocycles. The van der Waals surface area contributed by atoms with Gasteiger partial charge in [-0.2, -0.15) is 0 Å². The molecule has 4 atom stereocenters. The lowest BCUT2D eigenvalue weighted by molar-refractivity contribution is -0.305. The zero-order valence-corrected chi connectivity index (χ0v) is 11.3. The number of carbonyl (C=O) groups excluding carboxylic acids is 1. The summed E-state index contributed by atoms with van der Waals surface area (Å²) in [6.45, 7) is 2.20. The van der Waals surface area contributed by atoms with Crippen molar-refractivity contribution < 1.29 is 29.6 Å². The summed E-state index contributed by atoms with van der Waals surface area (Å²) in [6, 6.07) is 0. The van der Waals surface area contributed by atoms with E-state index in [0.29, 0.717) is 13.0 Å². The highest BCUT2D eigenvalue weighted by molar-refractivity contribution is 5.63. The van der Waals surface area contributed by atoms with Crippen LogP contribution >= 0.6 is 0 Å². The maximum absolute atomic E-state index is 10.2. The van der Waals surface area contributed by atoms with Gasteiger partial charge in [0.05, 0.1) is 12.2 Å². The third kappa shape index (κ3) is 6.33. The quantitative estimate of drug-likeness (QED) is 0.583. The van der Waals surface area contributed by atoms with Crippen molar-refractivity contribution in [2.45, 2.75) is 70.1 Å². The normalized spacial score (nSPS) is 31.3. The lowest BCUT2D eigenvalue weighted by Gasteiger charge is -2.35. The predicted molar refractivity (Wildman–Crippen MR) is 65.0 cm³/mol. The Kier molecular flexibility index (Phi) is 7.30. The second-order valence-corrected chi connectivity index (χ2v) is 4.99. The van der Waals surface area contributed by atoms with E-state index >= 15 is 0 Å². The van der Waals surface area contributed by atoms with Gasteiger partial charge in [0.15, 0.2) is 6.29 Å². The molecular weight excluding hydrogens is 252 g/mol. The van der Waals surface area contributed by atoms with Crippen molar-refractivity contribution in [1.29, 1.82) is 0 Å². The molecule has 0 spiro atoms. The molecule has 1 aliphatic rings. The van der Waals surface area contributed by atoms with Crippen LogP contribution in [0.5, 0.6) is 0 Å². The van der Waals surface area contributed by atoms with Crippen LogP contribution in [-0.2, 0) is 14.3 Å². The number of carboxylic acid groups (broad SMARTS) is 1. The van der Waals surface area contributed by atoms with Gasteiger partial charge in [-0.1, -0.05) is 12.8 Å². The SMILES string of the molecule is C[C@@H]1O[C@@H](OCCCCCCC(=O)[O-])[C@H](O)C[C@H]1O. The van der Waals surface area contributed by atoms with Crippen molar-refractivity contribution in [3.05, 3.63) is 0 Å². The molecule has 1 fully saturated rings. The van der Waals surface area contributed by atoms with Gasteiger partial charge >= 0.3 is 0 Å². The van der Waals surface area contributed by atoms with E-state index in [1.807, 2.05) is 0 Å². The number of aliphatic carboxylic acids is 1. The van der Waals surface area contributed by atoms with Crippen molar-refractivity contribution in [3.63, 3.8) is 0 Å². The van der Waals surface area contributed by atoms with Crippen molar-refractivity contribution >= 4 is 5.97 Å². The van der Waals surface area contributed by atoms with E-state index in [1.165, 1.54) is 0 Å².